The van der Waals surface area contributed by atoms with Crippen molar-refractivity contribution in [2.75, 3.05) is 0 Å². The predicted molar refractivity (Wildman–Crippen MR) is 65.1 cm³/mol. The monoisotopic (exact) mass is 215 g/mol. The molecule has 0 bridgehead atoms. The molecule has 0 radical (unpaired) electrons. The van der Waals surface area contributed by atoms with Crippen molar-refractivity contribution in [3.05, 3.63) is 42.1 Å². The number of aromatic nitrogens is 1. The Morgan fingerprint density at radius 3 is 2.44 bits per heavy atom. The molecule has 2 heteroatoms. The lowest BCUT2D eigenvalue weighted by molar-refractivity contribution is 0.375. The normalized spacial score (nSPS) is 11.7. The standard InChI is InChI=1S/C14H17NO/c1-14(2,3)10-12-9-13(16-15-12)11-7-5-4-6-8-11/h4-9H,10H2,1-3H3. The second-order valence-electron chi connectivity index (χ2n) is 5.29. The van der Waals surface area contributed by atoms with Crippen molar-refractivity contribution < 1.29 is 4.52 Å². The second kappa shape index (κ2) is 4.12. The van der Waals surface area contributed by atoms with Gasteiger partial charge in [-0.25, -0.2) is 0 Å². The molecule has 1 aromatic carbocycles. The zero-order valence-corrected chi connectivity index (χ0v) is 10.0. The Labute approximate surface area is 96.3 Å². The van der Waals surface area contributed by atoms with E-state index in [0.717, 1.165) is 23.4 Å². The first-order valence-electron chi connectivity index (χ1n) is 5.56. The smallest absolute Gasteiger partial charge is 0.167 e. The van der Waals surface area contributed by atoms with E-state index in [4.69, 9.17) is 4.52 Å². The Hall–Kier alpha value is -1.57. The summed E-state index contributed by atoms with van der Waals surface area (Å²) in [6.45, 7) is 6.59. The lowest BCUT2D eigenvalue weighted by Gasteiger charge is -2.14. The number of hydrogen-bond acceptors (Lipinski definition) is 2. The van der Waals surface area contributed by atoms with Gasteiger partial charge in [0.2, 0.25) is 0 Å². The van der Waals surface area contributed by atoms with Crippen molar-refractivity contribution in [1.82, 2.24) is 5.16 Å². The number of nitrogens with zero attached hydrogens (tertiary/aromatic N) is 1. The van der Waals surface area contributed by atoms with E-state index in [2.05, 4.69) is 25.9 Å². The van der Waals surface area contributed by atoms with Crippen molar-refractivity contribution >= 4 is 0 Å². The molecular formula is C14H17NO. The quantitative estimate of drug-likeness (QED) is 0.758. The average molecular weight is 215 g/mol. The zero-order valence-electron chi connectivity index (χ0n) is 10.0. The van der Waals surface area contributed by atoms with Crippen LogP contribution in [-0.2, 0) is 6.42 Å². The van der Waals surface area contributed by atoms with Crippen LogP contribution in [0.25, 0.3) is 11.3 Å². The summed E-state index contributed by atoms with van der Waals surface area (Å²) in [4.78, 5) is 0. The molecule has 0 saturated heterocycles. The maximum Gasteiger partial charge on any atom is 0.167 e. The topological polar surface area (TPSA) is 26.0 Å². The van der Waals surface area contributed by atoms with Gasteiger partial charge in [0.15, 0.2) is 5.76 Å². The van der Waals surface area contributed by atoms with Gasteiger partial charge in [-0.15, -0.1) is 0 Å². The Kier molecular flexibility index (Phi) is 2.82. The first-order valence-corrected chi connectivity index (χ1v) is 5.56. The first-order chi connectivity index (χ1) is 7.54. The third-order valence-electron chi connectivity index (χ3n) is 2.33. The van der Waals surface area contributed by atoms with E-state index in [1.54, 1.807) is 0 Å². The highest BCUT2D eigenvalue weighted by molar-refractivity contribution is 5.56. The van der Waals surface area contributed by atoms with Crippen LogP contribution in [0.15, 0.2) is 40.9 Å². The number of hydrogen-bond donors (Lipinski definition) is 0. The highest BCUT2D eigenvalue weighted by Crippen LogP contribution is 2.24. The van der Waals surface area contributed by atoms with Gasteiger partial charge in [-0.05, 0) is 11.8 Å². The summed E-state index contributed by atoms with van der Waals surface area (Å²) < 4.78 is 5.35. The molecule has 0 amide bonds. The van der Waals surface area contributed by atoms with Crippen LogP contribution in [-0.4, -0.2) is 5.16 Å². The van der Waals surface area contributed by atoms with Gasteiger partial charge < -0.3 is 4.52 Å². The molecule has 0 N–H and O–H groups in total. The van der Waals surface area contributed by atoms with E-state index in [0.29, 0.717) is 0 Å². The molecule has 1 heterocycles. The Balaban J connectivity index is 2.21. The molecule has 0 aliphatic carbocycles. The largest absolute Gasteiger partial charge is 0.356 e. The summed E-state index contributed by atoms with van der Waals surface area (Å²) in [5.74, 6) is 0.847. The van der Waals surface area contributed by atoms with Crippen LogP contribution >= 0.6 is 0 Å². The Morgan fingerprint density at radius 2 is 1.81 bits per heavy atom. The van der Waals surface area contributed by atoms with Crippen molar-refractivity contribution in [3.8, 4) is 11.3 Å². The molecular weight excluding hydrogens is 198 g/mol. The maximum absolute atomic E-state index is 5.35. The average Bonchev–Trinajstić information content (AvgIpc) is 2.65. The molecule has 0 atom stereocenters. The van der Waals surface area contributed by atoms with Gasteiger partial charge >= 0.3 is 0 Å². The lowest BCUT2D eigenvalue weighted by Crippen LogP contribution is -2.09. The summed E-state index contributed by atoms with van der Waals surface area (Å²) in [6.07, 6.45) is 0.934. The van der Waals surface area contributed by atoms with E-state index < -0.39 is 0 Å². The van der Waals surface area contributed by atoms with Gasteiger partial charge in [0.25, 0.3) is 0 Å². The van der Waals surface area contributed by atoms with Crippen LogP contribution in [0.3, 0.4) is 0 Å². The van der Waals surface area contributed by atoms with Crippen molar-refractivity contribution in [1.29, 1.82) is 0 Å². The van der Waals surface area contributed by atoms with Gasteiger partial charge in [0.1, 0.15) is 0 Å². The molecule has 16 heavy (non-hydrogen) atoms. The molecule has 1 aromatic heterocycles. The number of rotatable bonds is 2. The first kappa shape index (κ1) is 10.9. The summed E-state index contributed by atoms with van der Waals surface area (Å²) in [5.41, 5.74) is 2.34. The van der Waals surface area contributed by atoms with Gasteiger partial charge in [0.05, 0.1) is 5.69 Å². The summed E-state index contributed by atoms with van der Waals surface area (Å²) in [7, 11) is 0. The minimum Gasteiger partial charge on any atom is -0.356 e. The predicted octanol–water partition coefficient (Wildman–Crippen LogP) is 3.93. The third-order valence-corrected chi connectivity index (χ3v) is 2.33. The highest BCUT2D eigenvalue weighted by Gasteiger charge is 2.15. The maximum atomic E-state index is 5.35. The molecule has 0 aliphatic heterocycles. The molecule has 0 spiro atoms. The molecule has 0 saturated carbocycles. The third kappa shape index (κ3) is 2.72. The van der Waals surface area contributed by atoms with Crippen molar-refractivity contribution in [3.63, 3.8) is 0 Å². The van der Waals surface area contributed by atoms with Crippen LogP contribution in [0.1, 0.15) is 26.5 Å². The molecule has 0 fully saturated rings. The van der Waals surface area contributed by atoms with Gasteiger partial charge in [0, 0.05) is 11.6 Å². The minimum atomic E-state index is 0.241. The Morgan fingerprint density at radius 1 is 1.12 bits per heavy atom. The van der Waals surface area contributed by atoms with E-state index in [1.165, 1.54) is 0 Å². The fourth-order valence-electron chi connectivity index (χ4n) is 1.68. The van der Waals surface area contributed by atoms with E-state index in [9.17, 15) is 0 Å². The molecule has 2 nitrogen and oxygen atoms in total. The molecule has 2 rings (SSSR count). The lowest BCUT2D eigenvalue weighted by atomic mass is 9.90. The van der Waals surface area contributed by atoms with Gasteiger partial charge in [-0.1, -0.05) is 56.3 Å². The number of benzene rings is 1. The molecule has 84 valence electrons. The zero-order chi connectivity index (χ0) is 11.6. The van der Waals surface area contributed by atoms with Crippen LogP contribution in [0, 0.1) is 5.41 Å². The molecule has 0 unspecified atom stereocenters. The second-order valence-corrected chi connectivity index (χ2v) is 5.29. The summed E-state index contributed by atoms with van der Waals surface area (Å²) in [6, 6.07) is 12.1. The minimum absolute atomic E-state index is 0.241. The SMILES string of the molecule is CC(C)(C)Cc1cc(-c2ccccc2)on1. The fraction of sp³-hybridized carbons (Fsp3) is 0.357. The fourth-order valence-corrected chi connectivity index (χ4v) is 1.68. The highest BCUT2D eigenvalue weighted by atomic mass is 16.5. The van der Waals surface area contributed by atoms with Crippen LogP contribution in [0.2, 0.25) is 0 Å². The van der Waals surface area contributed by atoms with Gasteiger partial charge in [-0.3, -0.25) is 0 Å². The van der Waals surface area contributed by atoms with E-state index >= 15 is 0 Å². The molecule has 2 aromatic rings. The van der Waals surface area contributed by atoms with Crippen molar-refractivity contribution in [2.45, 2.75) is 27.2 Å². The summed E-state index contributed by atoms with van der Waals surface area (Å²) >= 11 is 0. The van der Waals surface area contributed by atoms with Crippen molar-refractivity contribution in [2.24, 2.45) is 5.41 Å². The van der Waals surface area contributed by atoms with Crippen LogP contribution in [0.5, 0.6) is 0 Å². The molecule has 0 aliphatic rings. The summed E-state index contributed by atoms with van der Waals surface area (Å²) in [5, 5.41) is 4.10. The van der Waals surface area contributed by atoms with E-state index in [-0.39, 0.29) is 5.41 Å². The van der Waals surface area contributed by atoms with E-state index in [1.807, 2.05) is 36.4 Å². The Bertz CT molecular complexity index is 451. The van der Waals surface area contributed by atoms with Crippen LogP contribution in [0.4, 0.5) is 0 Å². The van der Waals surface area contributed by atoms with Crippen LogP contribution < -0.4 is 0 Å². The van der Waals surface area contributed by atoms with Gasteiger partial charge in [-0.2, -0.15) is 0 Å².